The number of rotatable bonds is 5. The predicted molar refractivity (Wildman–Crippen MR) is 103 cm³/mol. The van der Waals surface area contributed by atoms with Crippen molar-refractivity contribution in [3.63, 3.8) is 0 Å². The van der Waals surface area contributed by atoms with Gasteiger partial charge in [-0.25, -0.2) is 4.79 Å². The van der Waals surface area contributed by atoms with Gasteiger partial charge in [-0.2, -0.15) is 0 Å². The fourth-order valence-corrected chi connectivity index (χ4v) is 4.50. The molecule has 0 amide bonds. The van der Waals surface area contributed by atoms with Gasteiger partial charge in [0, 0.05) is 4.88 Å². The van der Waals surface area contributed by atoms with E-state index in [4.69, 9.17) is 21.4 Å². The third-order valence-corrected chi connectivity index (χ3v) is 5.58. The highest BCUT2D eigenvalue weighted by molar-refractivity contribution is 7.80. The van der Waals surface area contributed by atoms with Gasteiger partial charge in [-0.3, -0.25) is 0 Å². The topological polar surface area (TPSA) is 63.5 Å². The summed E-state index contributed by atoms with van der Waals surface area (Å²) in [4.78, 5) is 13.8. The molecule has 0 aliphatic heterocycles. The van der Waals surface area contributed by atoms with Crippen molar-refractivity contribution in [1.29, 1.82) is 0 Å². The van der Waals surface area contributed by atoms with Gasteiger partial charge in [-0.05, 0) is 62.5 Å². The maximum Gasteiger partial charge on any atom is 0.341 e. The maximum absolute atomic E-state index is 12.5. The lowest BCUT2D eigenvalue weighted by atomic mass is 10.1. The molecule has 1 aliphatic rings. The molecule has 25 heavy (non-hydrogen) atoms. The molecule has 0 saturated carbocycles. The molecule has 0 bridgehead atoms. The summed E-state index contributed by atoms with van der Waals surface area (Å²) in [6.07, 6.45) is 7.04. The molecule has 134 valence electrons. The lowest BCUT2D eigenvalue weighted by Crippen LogP contribution is -2.28. The monoisotopic (exact) mass is 378 g/mol. The third-order valence-electron chi connectivity index (χ3n) is 4.13. The highest BCUT2D eigenvalue weighted by Crippen LogP contribution is 2.38. The van der Waals surface area contributed by atoms with Crippen molar-refractivity contribution in [2.24, 2.45) is 0 Å². The van der Waals surface area contributed by atoms with Crippen LogP contribution in [0.25, 0.3) is 0 Å². The Bertz CT molecular complexity index is 738. The van der Waals surface area contributed by atoms with Crippen molar-refractivity contribution in [3.8, 4) is 0 Å². The summed E-state index contributed by atoms with van der Waals surface area (Å²) in [6, 6.07) is 3.72. The number of esters is 1. The molecule has 0 aromatic carbocycles. The number of thiocarbonyl (C=S) groups is 1. The average Bonchev–Trinajstić information content (AvgIpc) is 3.16. The van der Waals surface area contributed by atoms with Crippen molar-refractivity contribution >= 4 is 39.6 Å². The molecule has 0 atom stereocenters. The van der Waals surface area contributed by atoms with Crippen molar-refractivity contribution in [2.45, 2.75) is 45.6 Å². The second kappa shape index (κ2) is 8.49. The fraction of sp³-hybridized carbons (Fsp3) is 0.444. The van der Waals surface area contributed by atoms with Crippen molar-refractivity contribution < 1.29 is 13.9 Å². The Morgan fingerprint density at radius 1 is 1.36 bits per heavy atom. The molecular weight excluding hydrogens is 356 g/mol. The zero-order chi connectivity index (χ0) is 17.6. The molecule has 2 aromatic heterocycles. The van der Waals surface area contributed by atoms with E-state index >= 15 is 0 Å². The van der Waals surface area contributed by atoms with Gasteiger partial charge in [0.1, 0.15) is 10.8 Å². The molecule has 0 saturated heterocycles. The molecule has 2 aromatic rings. The van der Waals surface area contributed by atoms with Crippen LogP contribution in [0.4, 0.5) is 5.00 Å². The van der Waals surface area contributed by atoms with E-state index in [0.29, 0.717) is 23.8 Å². The number of fused-ring (bicyclic) bond motifs is 1. The number of hydrogen-bond acceptors (Lipinski definition) is 5. The zero-order valence-corrected chi connectivity index (χ0v) is 15.9. The first-order chi connectivity index (χ1) is 12.2. The van der Waals surface area contributed by atoms with Gasteiger partial charge < -0.3 is 19.8 Å². The number of nitrogens with one attached hydrogen (secondary N) is 2. The van der Waals surface area contributed by atoms with Gasteiger partial charge in [0.25, 0.3) is 0 Å². The van der Waals surface area contributed by atoms with Crippen molar-refractivity contribution in [2.75, 3.05) is 11.9 Å². The average molecular weight is 379 g/mol. The molecule has 0 unspecified atom stereocenters. The molecular formula is C18H22N2O3S2. The quantitative estimate of drug-likeness (QED) is 0.460. The number of carbonyl (C=O) groups is 1. The maximum atomic E-state index is 12.5. The first-order valence-corrected chi connectivity index (χ1v) is 9.80. The van der Waals surface area contributed by atoms with E-state index in [-0.39, 0.29) is 5.97 Å². The predicted octanol–water partition coefficient (Wildman–Crippen LogP) is 4.27. The van der Waals surface area contributed by atoms with Crippen LogP contribution in [0.15, 0.2) is 22.8 Å². The second-order valence-corrected chi connectivity index (χ2v) is 7.39. The van der Waals surface area contributed by atoms with Gasteiger partial charge in [-0.1, -0.05) is 6.42 Å². The highest BCUT2D eigenvalue weighted by Gasteiger charge is 2.26. The smallest absolute Gasteiger partial charge is 0.341 e. The van der Waals surface area contributed by atoms with E-state index < -0.39 is 0 Å². The molecule has 0 radical (unpaired) electrons. The van der Waals surface area contributed by atoms with Crippen molar-refractivity contribution in [1.82, 2.24) is 5.32 Å². The highest BCUT2D eigenvalue weighted by atomic mass is 32.1. The van der Waals surface area contributed by atoms with Gasteiger partial charge in [0.2, 0.25) is 0 Å². The normalized spacial score (nSPS) is 13.6. The molecule has 1 aliphatic carbocycles. The zero-order valence-electron chi connectivity index (χ0n) is 14.2. The Labute approximate surface area is 156 Å². The van der Waals surface area contributed by atoms with Gasteiger partial charge in [-0.15, -0.1) is 11.3 Å². The number of aryl methyl sites for hydroxylation is 1. The van der Waals surface area contributed by atoms with Crippen molar-refractivity contribution in [3.05, 3.63) is 40.2 Å². The summed E-state index contributed by atoms with van der Waals surface area (Å²) in [6.45, 7) is 2.69. The number of hydrogen-bond donors (Lipinski definition) is 2. The van der Waals surface area contributed by atoms with E-state index in [0.717, 1.165) is 42.0 Å². The lowest BCUT2D eigenvalue weighted by molar-refractivity contribution is 0.0527. The summed E-state index contributed by atoms with van der Waals surface area (Å²) in [7, 11) is 0. The van der Waals surface area contributed by atoms with Gasteiger partial charge >= 0.3 is 5.97 Å². The second-order valence-electron chi connectivity index (χ2n) is 5.88. The van der Waals surface area contributed by atoms with Crippen LogP contribution in [0.3, 0.4) is 0 Å². The summed E-state index contributed by atoms with van der Waals surface area (Å²) < 4.78 is 10.6. The Kier molecular flexibility index (Phi) is 6.09. The molecule has 7 heteroatoms. The lowest BCUT2D eigenvalue weighted by Gasteiger charge is -2.11. The Morgan fingerprint density at radius 3 is 2.96 bits per heavy atom. The summed E-state index contributed by atoms with van der Waals surface area (Å²) in [5.74, 6) is 0.537. The van der Waals surface area contributed by atoms with Crippen LogP contribution in [0, 0.1) is 0 Å². The minimum absolute atomic E-state index is 0.266. The molecule has 2 heterocycles. The minimum atomic E-state index is -0.266. The van der Waals surface area contributed by atoms with Gasteiger partial charge in [0.05, 0.1) is 25.0 Å². The summed E-state index contributed by atoms with van der Waals surface area (Å²) in [5, 5.41) is 7.54. The number of thiophene rings is 1. The standard InChI is InChI=1S/C18H22N2O3S2/c1-2-22-17(21)15-13-8-4-3-5-9-14(13)25-16(15)20-18(24)19-11-12-7-6-10-23-12/h6-7,10H,2-5,8-9,11H2,1H3,(H2,19,20,24). The van der Waals surface area contributed by atoms with E-state index in [1.807, 2.05) is 19.1 Å². The SMILES string of the molecule is CCOC(=O)c1c(NC(=S)NCc2ccco2)sc2c1CCCCC2. The van der Waals surface area contributed by atoms with Crippen LogP contribution in [0.2, 0.25) is 0 Å². The molecule has 0 spiro atoms. The van der Waals surface area contributed by atoms with Gasteiger partial charge in [0.15, 0.2) is 5.11 Å². The largest absolute Gasteiger partial charge is 0.467 e. The van der Waals surface area contributed by atoms with Crippen LogP contribution in [0.5, 0.6) is 0 Å². The van der Waals surface area contributed by atoms with Crippen LogP contribution in [0.1, 0.15) is 52.7 Å². The minimum Gasteiger partial charge on any atom is -0.467 e. The Morgan fingerprint density at radius 2 is 2.20 bits per heavy atom. The first-order valence-electron chi connectivity index (χ1n) is 8.58. The van der Waals surface area contributed by atoms with Crippen LogP contribution >= 0.6 is 23.6 Å². The Hall–Kier alpha value is -1.86. The van der Waals surface area contributed by atoms with E-state index in [1.165, 1.54) is 11.3 Å². The van der Waals surface area contributed by atoms with E-state index in [2.05, 4.69) is 10.6 Å². The Balaban J connectivity index is 1.77. The van der Waals surface area contributed by atoms with Crippen LogP contribution in [-0.4, -0.2) is 17.7 Å². The molecule has 2 N–H and O–H groups in total. The number of anilines is 1. The third kappa shape index (κ3) is 4.41. The van der Waals surface area contributed by atoms with Crippen LogP contribution < -0.4 is 10.6 Å². The van der Waals surface area contributed by atoms with Crippen LogP contribution in [-0.2, 0) is 24.1 Å². The number of carbonyl (C=O) groups excluding carboxylic acids is 1. The fourth-order valence-electron chi connectivity index (χ4n) is 2.98. The summed E-state index contributed by atoms with van der Waals surface area (Å²) in [5.41, 5.74) is 1.79. The molecule has 0 fully saturated rings. The van der Waals surface area contributed by atoms with E-state index in [9.17, 15) is 4.79 Å². The first kappa shape index (κ1) is 17.9. The number of ether oxygens (including phenoxy) is 1. The molecule has 3 rings (SSSR count). The summed E-state index contributed by atoms with van der Waals surface area (Å²) >= 11 is 7.00. The molecule has 5 nitrogen and oxygen atoms in total. The number of furan rings is 1. The van der Waals surface area contributed by atoms with E-state index in [1.54, 1.807) is 17.6 Å².